The average Bonchev–Trinajstić information content (AvgIpc) is 2.28. The van der Waals surface area contributed by atoms with Crippen LogP contribution in [0.3, 0.4) is 0 Å². The molecule has 0 saturated carbocycles. The maximum Gasteiger partial charge on any atom is 0.126 e. The van der Waals surface area contributed by atoms with Crippen LogP contribution in [0.4, 0.5) is 8.78 Å². The molecular formula is C12H15F2NO. The van der Waals surface area contributed by atoms with Crippen LogP contribution >= 0.6 is 0 Å². The van der Waals surface area contributed by atoms with Crippen molar-refractivity contribution in [2.45, 2.75) is 24.8 Å². The fraction of sp³-hybridized carbons (Fsp3) is 0.500. The molecule has 2 nitrogen and oxygen atoms in total. The molecule has 1 aliphatic rings. The van der Waals surface area contributed by atoms with Gasteiger partial charge in [-0.2, -0.15) is 0 Å². The zero-order valence-electron chi connectivity index (χ0n) is 8.92. The van der Waals surface area contributed by atoms with Crippen LogP contribution in [0.25, 0.3) is 0 Å². The molecule has 88 valence electrons. The molecule has 2 N–H and O–H groups in total. The van der Waals surface area contributed by atoms with Crippen LogP contribution < -0.4 is 5.32 Å². The SMILES string of the molecule is OCC1CCC(c2cc(F)cc(F)c2)CN1. The summed E-state index contributed by atoms with van der Waals surface area (Å²) in [5.41, 5.74) is 0.696. The third-order valence-corrected chi connectivity index (χ3v) is 3.09. The summed E-state index contributed by atoms with van der Waals surface area (Å²) in [7, 11) is 0. The van der Waals surface area contributed by atoms with Crippen LogP contribution in [0.2, 0.25) is 0 Å². The molecule has 1 aromatic rings. The Morgan fingerprint density at radius 2 is 1.88 bits per heavy atom. The summed E-state index contributed by atoms with van der Waals surface area (Å²) >= 11 is 0. The second-order valence-corrected chi connectivity index (χ2v) is 4.26. The highest BCUT2D eigenvalue weighted by molar-refractivity contribution is 5.23. The Hall–Kier alpha value is -1.00. The first-order chi connectivity index (χ1) is 7.69. The highest BCUT2D eigenvalue weighted by atomic mass is 19.1. The van der Waals surface area contributed by atoms with Gasteiger partial charge in [-0.05, 0) is 36.5 Å². The number of nitrogens with one attached hydrogen (secondary N) is 1. The number of piperidine rings is 1. The Balaban J connectivity index is 2.08. The van der Waals surface area contributed by atoms with Crippen LogP contribution in [0.1, 0.15) is 24.3 Å². The molecular weight excluding hydrogens is 212 g/mol. The second kappa shape index (κ2) is 4.89. The van der Waals surface area contributed by atoms with Gasteiger partial charge in [-0.15, -0.1) is 0 Å². The monoisotopic (exact) mass is 227 g/mol. The highest BCUT2D eigenvalue weighted by Gasteiger charge is 2.21. The summed E-state index contributed by atoms with van der Waals surface area (Å²) in [4.78, 5) is 0. The molecule has 16 heavy (non-hydrogen) atoms. The number of hydrogen-bond donors (Lipinski definition) is 2. The van der Waals surface area contributed by atoms with E-state index in [0.29, 0.717) is 12.1 Å². The van der Waals surface area contributed by atoms with Crippen molar-refractivity contribution in [1.82, 2.24) is 5.32 Å². The highest BCUT2D eigenvalue weighted by Crippen LogP contribution is 2.26. The maximum atomic E-state index is 13.0. The summed E-state index contributed by atoms with van der Waals surface area (Å²) < 4.78 is 26.1. The van der Waals surface area contributed by atoms with Crippen molar-refractivity contribution in [2.24, 2.45) is 0 Å². The van der Waals surface area contributed by atoms with Crippen LogP contribution in [0.15, 0.2) is 18.2 Å². The second-order valence-electron chi connectivity index (χ2n) is 4.26. The topological polar surface area (TPSA) is 32.3 Å². The first kappa shape index (κ1) is 11.5. The fourth-order valence-corrected chi connectivity index (χ4v) is 2.17. The van der Waals surface area contributed by atoms with Crippen LogP contribution in [0.5, 0.6) is 0 Å². The zero-order chi connectivity index (χ0) is 11.5. The standard InChI is InChI=1S/C12H15F2NO/c13-10-3-9(4-11(14)5-10)8-1-2-12(7-16)15-6-8/h3-5,8,12,15-16H,1-2,6-7H2. The average molecular weight is 227 g/mol. The van der Waals surface area contributed by atoms with E-state index in [1.165, 1.54) is 12.1 Å². The molecule has 1 aromatic carbocycles. The van der Waals surface area contributed by atoms with Crippen molar-refractivity contribution < 1.29 is 13.9 Å². The Labute approximate surface area is 93.3 Å². The van der Waals surface area contributed by atoms with Gasteiger partial charge in [-0.25, -0.2) is 8.78 Å². The number of rotatable bonds is 2. The normalized spacial score (nSPS) is 25.7. The van der Waals surface area contributed by atoms with Crippen LogP contribution in [-0.2, 0) is 0 Å². The molecule has 2 rings (SSSR count). The summed E-state index contributed by atoms with van der Waals surface area (Å²) in [6.45, 7) is 0.776. The molecule has 1 saturated heterocycles. The van der Waals surface area contributed by atoms with E-state index in [4.69, 9.17) is 5.11 Å². The van der Waals surface area contributed by atoms with Gasteiger partial charge in [0.15, 0.2) is 0 Å². The number of aliphatic hydroxyl groups excluding tert-OH is 1. The summed E-state index contributed by atoms with van der Waals surface area (Å²) in [6.07, 6.45) is 1.68. The van der Waals surface area contributed by atoms with Gasteiger partial charge in [0.25, 0.3) is 0 Å². The van der Waals surface area contributed by atoms with Crippen molar-refractivity contribution in [3.63, 3.8) is 0 Å². The smallest absolute Gasteiger partial charge is 0.126 e. The third kappa shape index (κ3) is 2.57. The molecule has 1 heterocycles. The van der Waals surface area contributed by atoms with Gasteiger partial charge in [-0.3, -0.25) is 0 Å². The molecule has 2 atom stereocenters. The number of aliphatic hydroxyl groups is 1. The van der Waals surface area contributed by atoms with Gasteiger partial charge in [0.1, 0.15) is 11.6 Å². The van der Waals surface area contributed by atoms with E-state index >= 15 is 0 Å². The van der Waals surface area contributed by atoms with Crippen molar-refractivity contribution in [3.8, 4) is 0 Å². The molecule has 0 radical (unpaired) electrons. The molecule has 0 bridgehead atoms. The largest absolute Gasteiger partial charge is 0.395 e. The quantitative estimate of drug-likeness (QED) is 0.807. The first-order valence-corrected chi connectivity index (χ1v) is 5.49. The minimum Gasteiger partial charge on any atom is -0.395 e. The predicted octanol–water partition coefficient (Wildman–Crippen LogP) is 1.79. The number of halogens is 2. The lowest BCUT2D eigenvalue weighted by Gasteiger charge is -2.29. The molecule has 0 aromatic heterocycles. The summed E-state index contributed by atoms with van der Waals surface area (Å²) in [5, 5.41) is 12.1. The fourth-order valence-electron chi connectivity index (χ4n) is 2.17. The Morgan fingerprint density at radius 3 is 2.38 bits per heavy atom. The van der Waals surface area contributed by atoms with Gasteiger partial charge in [-0.1, -0.05) is 0 Å². The lowest BCUT2D eigenvalue weighted by molar-refractivity contribution is 0.212. The van der Waals surface area contributed by atoms with Crippen molar-refractivity contribution >= 4 is 0 Å². The molecule has 0 spiro atoms. The Morgan fingerprint density at radius 1 is 1.19 bits per heavy atom. The Kier molecular flexibility index (Phi) is 3.51. The van der Waals surface area contributed by atoms with E-state index in [9.17, 15) is 8.78 Å². The first-order valence-electron chi connectivity index (χ1n) is 5.49. The van der Waals surface area contributed by atoms with Gasteiger partial charge in [0.05, 0.1) is 6.61 Å². The van der Waals surface area contributed by atoms with Gasteiger partial charge in [0.2, 0.25) is 0 Å². The molecule has 2 unspecified atom stereocenters. The number of hydrogen-bond acceptors (Lipinski definition) is 2. The van der Waals surface area contributed by atoms with Crippen molar-refractivity contribution in [1.29, 1.82) is 0 Å². The molecule has 0 amide bonds. The Bertz CT molecular complexity index is 342. The van der Waals surface area contributed by atoms with E-state index in [-0.39, 0.29) is 18.6 Å². The van der Waals surface area contributed by atoms with E-state index in [1.807, 2.05) is 0 Å². The van der Waals surface area contributed by atoms with E-state index < -0.39 is 11.6 Å². The predicted molar refractivity (Wildman–Crippen MR) is 57.2 cm³/mol. The third-order valence-electron chi connectivity index (χ3n) is 3.09. The maximum absolute atomic E-state index is 13.0. The van der Waals surface area contributed by atoms with E-state index in [1.54, 1.807) is 0 Å². The number of benzene rings is 1. The van der Waals surface area contributed by atoms with Crippen molar-refractivity contribution in [3.05, 3.63) is 35.4 Å². The van der Waals surface area contributed by atoms with Gasteiger partial charge >= 0.3 is 0 Å². The van der Waals surface area contributed by atoms with Crippen molar-refractivity contribution in [2.75, 3.05) is 13.2 Å². The van der Waals surface area contributed by atoms with Gasteiger partial charge in [0, 0.05) is 18.7 Å². The summed E-state index contributed by atoms with van der Waals surface area (Å²) in [6, 6.07) is 3.77. The lowest BCUT2D eigenvalue weighted by Crippen LogP contribution is -2.40. The lowest BCUT2D eigenvalue weighted by atomic mass is 9.89. The van der Waals surface area contributed by atoms with E-state index in [0.717, 1.165) is 18.9 Å². The minimum absolute atomic E-state index is 0.115. The molecule has 1 fully saturated rings. The zero-order valence-corrected chi connectivity index (χ0v) is 8.92. The minimum atomic E-state index is -0.528. The summed E-state index contributed by atoms with van der Waals surface area (Å²) in [5.74, 6) is -0.924. The van der Waals surface area contributed by atoms with Gasteiger partial charge < -0.3 is 10.4 Å². The van der Waals surface area contributed by atoms with E-state index in [2.05, 4.69) is 5.32 Å². The van der Waals surface area contributed by atoms with Crippen LogP contribution in [0, 0.1) is 11.6 Å². The molecule has 4 heteroatoms. The molecule has 0 aliphatic carbocycles. The van der Waals surface area contributed by atoms with Crippen LogP contribution in [-0.4, -0.2) is 24.3 Å². The molecule has 1 aliphatic heterocycles.